The minimum Gasteiger partial charge on any atom is -0.378 e. The lowest BCUT2D eigenvalue weighted by Crippen LogP contribution is -2.36. The van der Waals surface area contributed by atoms with Gasteiger partial charge in [0, 0.05) is 12.6 Å². The number of benzene rings is 1. The van der Waals surface area contributed by atoms with Gasteiger partial charge in [0.2, 0.25) is 0 Å². The summed E-state index contributed by atoms with van der Waals surface area (Å²) in [6.07, 6.45) is 7.44. The van der Waals surface area contributed by atoms with Crippen LogP contribution in [0.4, 0.5) is 0 Å². The van der Waals surface area contributed by atoms with Crippen LogP contribution in [0.3, 0.4) is 0 Å². The zero-order valence-electron chi connectivity index (χ0n) is 11.9. The fourth-order valence-corrected chi connectivity index (χ4v) is 2.72. The highest BCUT2D eigenvalue weighted by atomic mass is 16.5. The van der Waals surface area contributed by atoms with E-state index in [1.165, 1.54) is 36.8 Å². The quantitative estimate of drug-likeness (QED) is 0.587. The lowest BCUT2D eigenvalue weighted by Gasteiger charge is -2.17. The van der Waals surface area contributed by atoms with Gasteiger partial charge in [-0.3, -0.25) is 11.3 Å². The molecule has 0 aliphatic carbocycles. The molecule has 0 bridgehead atoms. The van der Waals surface area contributed by atoms with E-state index in [1.807, 2.05) is 0 Å². The largest absolute Gasteiger partial charge is 0.378 e. The van der Waals surface area contributed by atoms with Gasteiger partial charge < -0.3 is 4.74 Å². The van der Waals surface area contributed by atoms with E-state index in [0.717, 1.165) is 19.4 Å². The molecule has 0 amide bonds. The van der Waals surface area contributed by atoms with E-state index in [9.17, 15) is 0 Å². The fraction of sp³-hybridized carbons (Fsp3) is 0.625. The van der Waals surface area contributed by atoms with Gasteiger partial charge in [0.05, 0.1) is 6.10 Å². The maximum Gasteiger partial charge on any atom is 0.0576 e. The normalized spacial score (nSPS) is 20.6. The Morgan fingerprint density at radius 3 is 2.79 bits per heavy atom. The average Bonchev–Trinajstić information content (AvgIpc) is 2.93. The van der Waals surface area contributed by atoms with Crippen LogP contribution in [-0.2, 0) is 11.2 Å². The Morgan fingerprint density at radius 2 is 2.16 bits per heavy atom. The van der Waals surface area contributed by atoms with Crippen molar-refractivity contribution in [2.45, 2.75) is 57.6 Å². The minimum atomic E-state index is 0.365. The molecule has 2 atom stereocenters. The smallest absolute Gasteiger partial charge is 0.0576 e. The molecular formula is C16H26N2O. The third-order valence-corrected chi connectivity index (χ3v) is 3.94. The van der Waals surface area contributed by atoms with Crippen LogP contribution < -0.4 is 11.3 Å². The first-order chi connectivity index (χ1) is 9.28. The number of ether oxygens (including phenoxy) is 1. The molecular weight excluding hydrogens is 236 g/mol. The van der Waals surface area contributed by atoms with Crippen LogP contribution in [0.5, 0.6) is 0 Å². The van der Waals surface area contributed by atoms with Crippen molar-refractivity contribution in [2.75, 3.05) is 6.61 Å². The number of hydrogen-bond acceptors (Lipinski definition) is 3. The van der Waals surface area contributed by atoms with E-state index >= 15 is 0 Å². The van der Waals surface area contributed by atoms with E-state index in [2.05, 4.69) is 36.6 Å². The number of nitrogens with one attached hydrogen (secondary N) is 1. The molecule has 19 heavy (non-hydrogen) atoms. The molecule has 1 aromatic carbocycles. The van der Waals surface area contributed by atoms with Crippen LogP contribution in [0, 0.1) is 6.92 Å². The Kier molecular flexibility index (Phi) is 5.83. The Morgan fingerprint density at radius 1 is 1.37 bits per heavy atom. The molecule has 1 aliphatic rings. The number of aryl methyl sites for hydroxylation is 1. The number of hydrazine groups is 1. The highest BCUT2D eigenvalue weighted by Gasteiger charge is 2.16. The van der Waals surface area contributed by atoms with Crippen LogP contribution in [0.1, 0.15) is 43.2 Å². The molecule has 1 aromatic rings. The topological polar surface area (TPSA) is 47.3 Å². The molecule has 1 aliphatic heterocycles. The number of rotatable bonds is 7. The standard InChI is InChI=1S/C16H26N2O/c1-13-7-9-14(10-8-13)12-15(18-17)4-2-5-16-6-3-11-19-16/h7-10,15-16,18H,2-6,11-12,17H2,1H3. The van der Waals surface area contributed by atoms with E-state index in [4.69, 9.17) is 10.6 Å². The van der Waals surface area contributed by atoms with Crippen LogP contribution in [0.15, 0.2) is 24.3 Å². The molecule has 106 valence electrons. The summed E-state index contributed by atoms with van der Waals surface area (Å²) >= 11 is 0. The van der Waals surface area contributed by atoms with Crippen LogP contribution in [0.25, 0.3) is 0 Å². The second kappa shape index (κ2) is 7.63. The Labute approximate surface area is 116 Å². The van der Waals surface area contributed by atoms with Gasteiger partial charge in [-0.25, -0.2) is 0 Å². The number of nitrogens with two attached hydrogens (primary N) is 1. The van der Waals surface area contributed by atoms with Gasteiger partial charge in [-0.15, -0.1) is 0 Å². The maximum absolute atomic E-state index is 5.66. The minimum absolute atomic E-state index is 0.365. The molecule has 2 rings (SSSR count). The summed E-state index contributed by atoms with van der Waals surface area (Å²) < 4.78 is 5.65. The van der Waals surface area contributed by atoms with Gasteiger partial charge in [0.15, 0.2) is 0 Å². The monoisotopic (exact) mass is 262 g/mol. The zero-order chi connectivity index (χ0) is 13.5. The predicted octanol–water partition coefficient (Wildman–Crippen LogP) is 2.72. The third kappa shape index (κ3) is 4.94. The van der Waals surface area contributed by atoms with Gasteiger partial charge in [-0.05, 0) is 51.0 Å². The van der Waals surface area contributed by atoms with Gasteiger partial charge in [-0.2, -0.15) is 0 Å². The SMILES string of the molecule is Cc1ccc(CC(CCCC2CCCO2)NN)cc1. The Hall–Kier alpha value is -0.900. The molecule has 0 saturated carbocycles. The summed E-state index contributed by atoms with van der Waals surface area (Å²) in [7, 11) is 0. The average molecular weight is 262 g/mol. The lowest BCUT2D eigenvalue weighted by molar-refractivity contribution is 0.101. The van der Waals surface area contributed by atoms with E-state index < -0.39 is 0 Å². The van der Waals surface area contributed by atoms with Crippen molar-refractivity contribution in [3.05, 3.63) is 35.4 Å². The molecule has 3 N–H and O–H groups in total. The van der Waals surface area contributed by atoms with Gasteiger partial charge in [0.1, 0.15) is 0 Å². The fourth-order valence-electron chi connectivity index (χ4n) is 2.72. The predicted molar refractivity (Wildman–Crippen MR) is 78.8 cm³/mol. The number of hydrogen-bond donors (Lipinski definition) is 2. The third-order valence-electron chi connectivity index (χ3n) is 3.94. The van der Waals surface area contributed by atoms with Crippen molar-refractivity contribution in [3.63, 3.8) is 0 Å². The summed E-state index contributed by atoms with van der Waals surface area (Å²) in [6, 6.07) is 9.08. The molecule has 0 spiro atoms. The summed E-state index contributed by atoms with van der Waals surface area (Å²) in [5, 5.41) is 0. The molecule has 0 aromatic heterocycles. The Bertz CT molecular complexity index is 358. The first-order valence-corrected chi connectivity index (χ1v) is 7.41. The lowest BCUT2D eigenvalue weighted by atomic mass is 9.99. The zero-order valence-corrected chi connectivity index (χ0v) is 11.9. The summed E-state index contributed by atoms with van der Waals surface area (Å²) in [5.74, 6) is 5.66. The molecule has 2 unspecified atom stereocenters. The van der Waals surface area contributed by atoms with Gasteiger partial charge >= 0.3 is 0 Å². The maximum atomic E-state index is 5.66. The molecule has 1 fully saturated rings. The van der Waals surface area contributed by atoms with Crippen LogP contribution in [0.2, 0.25) is 0 Å². The van der Waals surface area contributed by atoms with Crippen molar-refractivity contribution in [3.8, 4) is 0 Å². The molecule has 3 nitrogen and oxygen atoms in total. The van der Waals surface area contributed by atoms with Crippen molar-refractivity contribution in [1.29, 1.82) is 0 Å². The second-order valence-corrected chi connectivity index (χ2v) is 5.62. The first kappa shape index (κ1) is 14.5. The molecule has 1 saturated heterocycles. The summed E-state index contributed by atoms with van der Waals surface area (Å²) in [5.41, 5.74) is 5.61. The highest BCUT2D eigenvalue weighted by Crippen LogP contribution is 2.19. The second-order valence-electron chi connectivity index (χ2n) is 5.62. The van der Waals surface area contributed by atoms with Gasteiger partial charge in [-0.1, -0.05) is 29.8 Å². The summed E-state index contributed by atoms with van der Waals surface area (Å²) in [6.45, 7) is 3.07. The van der Waals surface area contributed by atoms with Crippen molar-refractivity contribution < 1.29 is 4.74 Å². The highest BCUT2D eigenvalue weighted by molar-refractivity contribution is 5.22. The van der Waals surface area contributed by atoms with Crippen molar-refractivity contribution in [2.24, 2.45) is 5.84 Å². The summed E-state index contributed by atoms with van der Waals surface area (Å²) in [4.78, 5) is 0. The van der Waals surface area contributed by atoms with E-state index in [-0.39, 0.29) is 0 Å². The molecule has 3 heteroatoms. The van der Waals surface area contributed by atoms with E-state index in [0.29, 0.717) is 12.1 Å². The van der Waals surface area contributed by atoms with Crippen molar-refractivity contribution >= 4 is 0 Å². The van der Waals surface area contributed by atoms with Crippen LogP contribution >= 0.6 is 0 Å². The first-order valence-electron chi connectivity index (χ1n) is 7.41. The molecule has 1 heterocycles. The molecule has 0 radical (unpaired) electrons. The Balaban J connectivity index is 1.71. The van der Waals surface area contributed by atoms with Crippen molar-refractivity contribution in [1.82, 2.24) is 5.43 Å². The van der Waals surface area contributed by atoms with Gasteiger partial charge in [0.25, 0.3) is 0 Å². The van der Waals surface area contributed by atoms with E-state index in [1.54, 1.807) is 0 Å². The van der Waals surface area contributed by atoms with Crippen LogP contribution in [-0.4, -0.2) is 18.8 Å².